The summed E-state index contributed by atoms with van der Waals surface area (Å²) in [5.41, 5.74) is 2.63. The van der Waals surface area contributed by atoms with Crippen LogP contribution in [-0.2, 0) is 22.4 Å². The molecular weight excluding hydrogens is 294 g/mol. The number of nitrogens with one attached hydrogen (secondary N) is 1. The Balaban J connectivity index is 1.86. The van der Waals surface area contributed by atoms with Crippen molar-refractivity contribution in [3.8, 4) is 5.75 Å². The molecule has 0 radical (unpaired) electrons. The van der Waals surface area contributed by atoms with Gasteiger partial charge in [-0.15, -0.1) is 6.58 Å². The summed E-state index contributed by atoms with van der Waals surface area (Å²) in [6.07, 6.45) is 7.02. The van der Waals surface area contributed by atoms with Crippen molar-refractivity contribution >= 4 is 11.9 Å². The van der Waals surface area contributed by atoms with Crippen LogP contribution in [0, 0.1) is 0 Å². The van der Waals surface area contributed by atoms with Gasteiger partial charge in [0.15, 0.2) is 6.61 Å². The molecule has 0 heterocycles. The minimum absolute atomic E-state index is 0.184. The lowest BCUT2D eigenvalue weighted by atomic mass is 9.92. The third-order valence-electron chi connectivity index (χ3n) is 3.98. The quantitative estimate of drug-likeness (QED) is 0.722. The zero-order valence-corrected chi connectivity index (χ0v) is 13.2. The second-order valence-electron chi connectivity index (χ2n) is 5.75. The number of carboxylic acid groups (broad SMARTS) is 1. The second-order valence-corrected chi connectivity index (χ2v) is 5.75. The highest BCUT2D eigenvalue weighted by Gasteiger charge is 2.19. The number of carbonyl (C=O) groups excluding carboxylic acids is 1. The van der Waals surface area contributed by atoms with Crippen molar-refractivity contribution in [2.75, 3.05) is 6.61 Å². The molecule has 1 aromatic carbocycles. The van der Waals surface area contributed by atoms with Crippen LogP contribution in [0.15, 0.2) is 30.9 Å². The Hall–Kier alpha value is -2.30. The van der Waals surface area contributed by atoms with E-state index in [9.17, 15) is 9.59 Å². The first-order valence-corrected chi connectivity index (χ1v) is 7.98. The first-order chi connectivity index (χ1) is 11.1. The average molecular weight is 317 g/mol. The van der Waals surface area contributed by atoms with E-state index in [-0.39, 0.29) is 6.61 Å². The SMILES string of the molecule is C=CCCC(NC(=O)COc1ccc2c(c1)CCCC2)C(=O)O. The summed E-state index contributed by atoms with van der Waals surface area (Å²) in [7, 11) is 0. The summed E-state index contributed by atoms with van der Waals surface area (Å²) < 4.78 is 5.49. The number of hydrogen-bond acceptors (Lipinski definition) is 3. The van der Waals surface area contributed by atoms with Gasteiger partial charge in [-0.3, -0.25) is 4.79 Å². The number of hydrogen-bond donors (Lipinski definition) is 2. The third-order valence-corrected chi connectivity index (χ3v) is 3.98. The van der Waals surface area contributed by atoms with Gasteiger partial charge in [-0.25, -0.2) is 4.79 Å². The van der Waals surface area contributed by atoms with Crippen LogP contribution >= 0.6 is 0 Å². The molecule has 1 amide bonds. The van der Waals surface area contributed by atoms with E-state index in [1.54, 1.807) is 6.08 Å². The van der Waals surface area contributed by atoms with Crippen molar-refractivity contribution < 1.29 is 19.4 Å². The Kier molecular flexibility index (Phi) is 6.20. The lowest BCUT2D eigenvalue weighted by Crippen LogP contribution is -2.42. The van der Waals surface area contributed by atoms with Crippen molar-refractivity contribution in [2.24, 2.45) is 0 Å². The number of aryl methyl sites for hydroxylation is 2. The molecule has 23 heavy (non-hydrogen) atoms. The van der Waals surface area contributed by atoms with E-state index >= 15 is 0 Å². The molecule has 0 spiro atoms. The van der Waals surface area contributed by atoms with Crippen LogP contribution in [0.4, 0.5) is 0 Å². The van der Waals surface area contributed by atoms with E-state index in [1.807, 2.05) is 18.2 Å². The van der Waals surface area contributed by atoms with E-state index in [2.05, 4.69) is 11.9 Å². The molecule has 0 saturated carbocycles. The van der Waals surface area contributed by atoms with Crippen LogP contribution in [0.25, 0.3) is 0 Å². The molecule has 124 valence electrons. The van der Waals surface area contributed by atoms with Gasteiger partial charge in [0, 0.05) is 0 Å². The lowest BCUT2D eigenvalue weighted by Gasteiger charge is -2.17. The molecule has 0 aromatic heterocycles. The largest absolute Gasteiger partial charge is 0.484 e. The van der Waals surface area contributed by atoms with E-state index in [0.29, 0.717) is 18.6 Å². The van der Waals surface area contributed by atoms with Crippen molar-refractivity contribution in [1.29, 1.82) is 0 Å². The standard InChI is InChI=1S/C18H23NO4/c1-2-3-8-16(18(21)22)19-17(20)12-23-15-10-9-13-6-4-5-7-14(13)11-15/h2,9-11,16H,1,3-8,12H2,(H,19,20)(H,21,22). The predicted molar refractivity (Wildman–Crippen MR) is 87.6 cm³/mol. The summed E-state index contributed by atoms with van der Waals surface area (Å²) in [6, 6.07) is 4.98. The summed E-state index contributed by atoms with van der Waals surface area (Å²) in [4.78, 5) is 22.9. The van der Waals surface area contributed by atoms with Gasteiger partial charge < -0.3 is 15.2 Å². The van der Waals surface area contributed by atoms with Crippen LogP contribution in [0.1, 0.15) is 36.8 Å². The van der Waals surface area contributed by atoms with Crippen molar-refractivity contribution in [3.05, 3.63) is 42.0 Å². The fourth-order valence-corrected chi connectivity index (χ4v) is 2.73. The number of amides is 1. The molecule has 2 rings (SSSR count). The van der Waals surface area contributed by atoms with Gasteiger partial charge >= 0.3 is 5.97 Å². The Bertz CT molecular complexity index is 582. The molecule has 0 fully saturated rings. The number of rotatable bonds is 8. The zero-order chi connectivity index (χ0) is 16.7. The molecule has 1 aliphatic rings. The monoisotopic (exact) mass is 317 g/mol. The van der Waals surface area contributed by atoms with Crippen LogP contribution in [0.2, 0.25) is 0 Å². The van der Waals surface area contributed by atoms with E-state index in [0.717, 1.165) is 12.8 Å². The number of fused-ring (bicyclic) bond motifs is 1. The van der Waals surface area contributed by atoms with Gasteiger partial charge in [0.1, 0.15) is 11.8 Å². The maximum Gasteiger partial charge on any atom is 0.326 e. The minimum atomic E-state index is -1.05. The number of carboxylic acids is 1. The fraction of sp³-hybridized carbons (Fsp3) is 0.444. The van der Waals surface area contributed by atoms with Gasteiger partial charge in [0.2, 0.25) is 0 Å². The molecule has 1 atom stereocenters. The fourth-order valence-electron chi connectivity index (χ4n) is 2.73. The maximum absolute atomic E-state index is 11.9. The number of allylic oxidation sites excluding steroid dienone is 1. The van der Waals surface area contributed by atoms with E-state index in [1.165, 1.54) is 24.0 Å². The van der Waals surface area contributed by atoms with Gasteiger partial charge in [-0.05, 0) is 61.8 Å². The molecular formula is C18H23NO4. The highest BCUT2D eigenvalue weighted by atomic mass is 16.5. The van der Waals surface area contributed by atoms with Crippen LogP contribution < -0.4 is 10.1 Å². The highest BCUT2D eigenvalue weighted by molar-refractivity contribution is 5.84. The van der Waals surface area contributed by atoms with Gasteiger partial charge in [0.25, 0.3) is 5.91 Å². The lowest BCUT2D eigenvalue weighted by molar-refractivity contribution is -0.142. The molecule has 0 bridgehead atoms. The number of benzene rings is 1. The number of carbonyl (C=O) groups is 2. The highest BCUT2D eigenvalue weighted by Crippen LogP contribution is 2.25. The van der Waals surface area contributed by atoms with E-state index < -0.39 is 17.9 Å². The molecule has 0 aliphatic heterocycles. The molecule has 1 aromatic rings. The molecule has 1 unspecified atom stereocenters. The topological polar surface area (TPSA) is 75.6 Å². The summed E-state index contributed by atoms with van der Waals surface area (Å²) in [6.45, 7) is 3.37. The minimum Gasteiger partial charge on any atom is -0.484 e. The number of ether oxygens (including phenoxy) is 1. The van der Waals surface area contributed by atoms with Gasteiger partial charge in [-0.1, -0.05) is 12.1 Å². The maximum atomic E-state index is 11.9. The molecule has 2 N–H and O–H groups in total. The van der Waals surface area contributed by atoms with Crippen molar-refractivity contribution in [3.63, 3.8) is 0 Å². The van der Waals surface area contributed by atoms with Crippen molar-refractivity contribution in [2.45, 2.75) is 44.6 Å². The second kappa shape index (κ2) is 8.36. The van der Waals surface area contributed by atoms with E-state index in [4.69, 9.17) is 9.84 Å². The molecule has 5 heteroatoms. The van der Waals surface area contributed by atoms with Crippen molar-refractivity contribution in [1.82, 2.24) is 5.32 Å². The molecule has 5 nitrogen and oxygen atoms in total. The van der Waals surface area contributed by atoms with Gasteiger partial charge in [0.05, 0.1) is 0 Å². The summed E-state index contributed by atoms with van der Waals surface area (Å²) >= 11 is 0. The Morgan fingerprint density at radius 1 is 1.30 bits per heavy atom. The smallest absolute Gasteiger partial charge is 0.326 e. The van der Waals surface area contributed by atoms with Crippen LogP contribution in [-0.4, -0.2) is 29.6 Å². The Labute approximate surface area is 136 Å². The number of aliphatic carboxylic acids is 1. The Morgan fingerprint density at radius 2 is 2.04 bits per heavy atom. The molecule has 0 saturated heterocycles. The summed E-state index contributed by atoms with van der Waals surface area (Å²) in [5, 5.41) is 11.5. The van der Waals surface area contributed by atoms with Crippen LogP contribution in [0.5, 0.6) is 5.75 Å². The first kappa shape index (κ1) is 17.1. The summed E-state index contributed by atoms with van der Waals surface area (Å²) in [5.74, 6) is -0.827. The predicted octanol–water partition coefficient (Wildman–Crippen LogP) is 2.48. The van der Waals surface area contributed by atoms with Gasteiger partial charge in [-0.2, -0.15) is 0 Å². The third kappa shape index (κ3) is 5.13. The zero-order valence-electron chi connectivity index (χ0n) is 13.2. The first-order valence-electron chi connectivity index (χ1n) is 7.98. The Morgan fingerprint density at radius 3 is 2.74 bits per heavy atom. The normalized spacial score (nSPS) is 14.4. The molecule has 1 aliphatic carbocycles. The van der Waals surface area contributed by atoms with Crippen LogP contribution in [0.3, 0.4) is 0 Å². The average Bonchev–Trinajstić information content (AvgIpc) is 2.56.